The molecule has 4 N–H and O–H groups in total. The minimum atomic E-state index is -4.54. The van der Waals surface area contributed by atoms with Gasteiger partial charge in [-0.1, -0.05) is 6.08 Å². The normalized spacial score (nSPS) is 27.6. The van der Waals surface area contributed by atoms with E-state index in [1.807, 2.05) is 0 Å². The summed E-state index contributed by atoms with van der Waals surface area (Å²) in [5.74, 6) is -0.141. The summed E-state index contributed by atoms with van der Waals surface area (Å²) >= 11 is 0. The second kappa shape index (κ2) is 9.20. The molecule has 1 aromatic rings. The Kier molecular flexibility index (Phi) is 7.58. The Morgan fingerprint density at radius 2 is 1.90 bits per heavy atom. The van der Waals surface area contributed by atoms with Gasteiger partial charge in [-0.2, -0.15) is 0 Å². The fourth-order valence-corrected chi connectivity index (χ4v) is 4.87. The van der Waals surface area contributed by atoms with E-state index in [9.17, 15) is 23.6 Å². The van der Waals surface area contributed by atoms with Gasteiger partial charge in [0.05, 0.1) is 12.1 Å². The van der Waals surface area contributed by atoms with Crippen LogP contribution in [0.15, 0.2) is 33.7 Å². The summed E-state index contributed by atoms with van der Waals surface area (Å²) < 4.78 is 40.3. The molecule has 29 heavy (non-hydrogen) atoms. The molecule has 1 aliphatic rings. The molecule has 1 aromatic heterocycles. The quantitative estimate of drug-likeness (QED) is 0.409. The van der Waals surface area contributed by atoms with Gasteiger partial charge < -0.3 is 19.4 Å². The van der Waals surface area contributed by atoms with Gasteiger partial charge in [0, 0.05) is 31.1 Å². The van der Waals surface area contributed by atoms with Gasteiger partial charge in [-0.15, -0.1) is 0 Å². The number of nitrogens with zero attached hydrogens (tertiary/aromatic N) is 1. The monoisotopic (exact) mass is 454 g/mol. The SMILES string of the molecule is CO[C@H]1C(n2ccc(=O)[nH]c2=O)C[C@H](/C=C/P(=O)(O)O)[C@H]1OP(=O)(O)OC(C)C. The van der Waals surface area contributed by atoms with E-state index in [0.29, 0.717) is 5.82 Å². The molecule has 0 aromatic carbocycles. The van der Waals surface area contributed by atoms with Crippen LogP contribution in [0.5, 0.6) is 0 Å². The first-order valence-electron chi connectivity index (χ1n) is 8.61. The third-order valence-electron chi connectivity index (χ3n) is 4.25. The fourth-order valence-electron chi connectivity index (χ4n) is 3.26. The smallest absolute Gasteiger partial charge is 0.377 e. The molecule has 1 heterocycles. The van der Waals surface area contributed by atoms with Crippen molar-refractivity contribution in [2.24, 2.45) is 5.92 Å². The number of phosphoric ester groups is 1. The number of methoxy groups -OCH3 is 1. The van der Waals surface area contributed by atoms with Crippen LogP contribution < -0.4 is 11.2 Å². The maximum atomic E-state index is 12.3. The fraction of sp³-hybridized carbons (Fsp3) is 0.600. The van der Waals surface area contributed by atoms with Gasteiger partial charge in [0.25, 0.3) is 5.56 Å². The van der Waals surface area contributed by atoms with Crippen LogP contribution in [0.25, 0.3) is 0 Å². The Labute approximate surface area is 165 Å². The molecule has 14 heteroatoms. The molecule has 164 valence electrons. The molecule has 0 aliphatic heterocycles. The lowest BCUT2D eigenvalue weighted by Gasteiger charge is -2.27. The second-order valence-corrected chi connectivity index (χ2v) is 9.64. The zero-order valence-electron chi connectivity index (χ0n) is 15.9. The molecule has 0 spiro atoms. The van der Waals surface area contributed by atoms with Crippen LogP contribution in [0.3, 0.4) is 0 Å². The van der Waals surface area contributed by atoms with Crippen molar-refractivity contribution in [3.05, 3.63) is 45.0 Å². The maximum Gasteiger partial charge on any atom is 0.472 e. The lowest BCUT2D eigenvalue weighted by molar-refractivity contribution is -0.0248. The first-order chi connectivity index (χ1) is 13.3. The minimum absolute atomic E-state index is 0.0767. The van der Waals surface area contributed by atoms with Gasteiger partial charge in [-0.05, 0) is 20.3 Å². The Hall–Kier alpha value is -1.36. The predicted molar refractivity (Wildman–Crippen MR) is 101 cm³/mol. The largest absolute Gasteiger partial charge is 0.472 e. The van der Waals surface area contributed by atoms with E-state index in [2.05, 4.69) is 4.98 Å². The highest BCUT2D eigenvalue weighted by atomic mass is 31.2. The average molecular weight is 454 g/mol. The summed E-state index contributed by atoms with van der Waals surface area (Å²) in [6.07, 6.45) is -0.276. The highest BCUT2D eigenvalue weighted by Crippen LogP contribution is 2.52. The topological polar surface area (TPSA) is 177 Å². The summed E-state index contributed by atoms with van der Waals surface area (Å²) in [6.45, 7) is 3.06. The van der Waals surface area contributed by atoms with E-state index in [0.717, 1.165) is 12.1 Å². The van der Waals surface area contributed by atoms with E-state index < -0.39 is 56.9 Å². The molecular formula is C15H24N2O10P2. The molecule has 12 nitrogen and oxygen atoms in total. The van der Waals surface area contributed by atoms with Crippen LogP contribution in [0.2, 0.25) is 0 Å². The van der Waals surface area contributed by atoms with E-state index in [-0.39, 0.29) is 6.42 Å². The summed E-state index contributed by atoms with van der Waals surface area (Å²) in [6, 6.07) is 0.376. The highest BCUT2D eigenvalue weighted by Gasteiger charge is 2.48. The van der Waals surface area contributed by atoms with E-state index >= 15 is 0 Å². The van der Waals surface area contributed by atoms with Crippen LogP contribution in [0, 0.1) is 5.92 Å². The van der Waals surface area contributed by atoms with Crippen LogP contribution >= 0.6 is 15.4 Å². The van der Waals surface area contributed by atoms with Crippen molar-refractivity contribution in [2.45, 2.75) is 44.6 Å². The van der Waals surface area contributed by atoms with Crippen molar-refractivity contribution < 1.29 is 37.6 Å². The zero-order chi connectivity index (χ0) is 22.0. The number of aromatic nitrogens is 2. The number of ether oxygens (including phenoxy) is 1. The zero-order valence-corrected chi connectivity index (χ0v) is 17.7. The van der Waals surface area contributed by atoms with Gasteiger partial charge in [0.15, 0.2) is 0 Å². The number of hydrogen-bond donors (Lipinski definition) is 4. The molecule has 1 aliphatic carbocycles. The Balaban J connectivity index is 2.45. The Morgan fingerprint density at radius 3 is 2.41 bits per heavy atom. The van der Waals surface area contributed by atoms with Crippen LogP contribution in [0.4, 0.5) is 0 Å². The second-order valence-electron chi connectivity index (χ2n) is 6.81. The van der Waals surface area contributed by atoms with Crippen LogP contribution in [0.1, 0.15) is 26.3 Å². The van der Waals surface area contributed by atoms with E-state index in [4.69, 9.17) is 23.6 Å². The molecule has 0 amide bonds. The summed E-state index contributed by atoms with van der Waals surface area (Å²) in [7, 11) is -7.75. The van der Waals surface area contributed by atoms with Crippen molar-refractivity contribution >= 4 is 15.4 Å². The molecule has 5 atom stereocenters. The third-order valence-corrected chi connectivity index (χ3v) is 6.00. The number of rotatable bonds is 8. The van der Waals surface area contributed by atoms with Crippen molar-refractivity contribution in [1.82, 2.24) is 9.55 Å². The van der Waals surface area contributed by atoms with Gasteiger partial charge in [0.2, 0.25) is 0 Å². The number of phosphoric acid groups is 1. The Bertz CT molecular complexity index is 949. The highest BCUT2D eigenvalue weighted by molar-refractivity contribution is 7.55. The lowest BCUT2D eigenvalue weighted by atomic mass is 10.1. The minimum Gasteiger partial charge on any atom is -0.377 e. The number of hydrogen-bond acceptors (Lipinski definition) is 7. The molecule has 1 saturated carbocycles. The maximum absolute atomic E-state index is 12.3. The third kappa shape index (κ3) is 6.56. The first kappa shape index (κ1) is 23.9. The summed E-state index contributed by atoms with van der Waals surface area (Å²) in [4.78, 5) is 53.9. The van der Waals surface area contributed by atoms with Crippen molar-refractivity contribution in [3.8, 4) is 0 Å². The van der Waals surface area contributed by atoms with Crippen molar-refractivity contribution in [1.29, 1.82) is 0 Å². The lowest BCUT2D eigenvalue weighted by Crippen LogP contribution is -2.38. The Morgan fingerprint density at radius 1 is 1.24 bits per heavy atom. The summed E-state index contributed by atoms with van der Waals surface area (Å²) in [5.41, 5.74) is -1.33. The standard InChI is InChI=1S/C15H24N2O10P2/c1-9(2)26-29(23,24)27-13-10(5-7-28(20,21)22)8-11(14(13)25-3)17-6-4-12(18)16-15(17)19/h4-7,9-11,13-14H,8H2,1-3H3,(H,23,24)(H,16,18,19)(H2,20,21,22)/b7-5+/t10-,11?,13+,14-/m0/s1. The van der Waals surface area contributed by atoms with Crippen molar-refractivity contribution in [3.63, 3.8) is 0 Å². The number of aromatic amines is 1. The number of H-pyrrole nitrogens is 1. The van der Waals surface area contributed by atoms with Crippen molar-refractivity contribution in [2.75, 3.05) is 7.11 Å². The molecule has 2 unspecified atom stereocenters. The van der Waals surface area contributed by atoms with Gasteiger partial charge >= 0.3 is 21.1 Å². The van der Waals surface area contributed by atoms with Gasteiger partial charge in [-0.3, -0.25) is 28.0 Å². The molecule has 0 saturated heterocycles. The molecular weight excluding hydrogens is 430 g/mol. The van der Waals surface area contributed by atoms with Crippen LogP contribution in [-0.4, -0.2) is 49.7 Å². The average Bonchev–Trinajstić information content (AvgIpc) is 2.87. The predicted octanol–water partition coefficient (Wildman–Crippen LogP) is 0.715. The van der Waals surface area contributed by atoms with E-state index in [1.165, 1.54) is 31.7 Å². The molecule has 1 fully saturated rings. The molecule has 2 rings (SSSR count). The number of nitrogens with one attached hydrogen (secondary N) is 1. The van der Waals surface area contributed by atoms with E-state index in [1.54, 1.807) is 0 Å². The summed E-state index contributed by atoms with van der Waals surface area (Å²) in [5, 5.41) is 0. The van der Waals surface area contributed by atoms with Gasteiger partial charge in [0.1, 0.15) is 12.2 Å². The van der Waals surface area contributed by atoms with Gasteiger partial charge in [-0.25, -0.2) is 9.36 Å². The first-order valence-corrected chi connectivity index (χ1v) is 11.8. The molecule has 0 bridgehead atoms. The van der Waals surface area contributed by atoms with Crippen LogP contribution in [-0.2, 0) is 22.9 Å². The molecule has 0 radical (unpaired) electrons.